The van der Waals surface area contributed by atoms with Gasteiger partial charge in [-0.25, -0.2) is 0 Å². The molecule has 0 aliphatic rings. The molecule has 3 N–H and O–H groups in total. The molecule has 0 aliphatic carbocycles. The minimum atomic E-state index is -0.0616. The summed E-state index contributed by atoms with van der Waals surface area (Å²) in [5, 5.41) is 2.81. The highest BCUT2D eigenvalue weighted by atomic mass is 32.2. The van der Waals surface area contributed by atoms with Crippen LogP contribution in [0.3, 0.4) is 0 Å². The van der Waals surface area contributed by atoms with Crippen molar-refractivity contribution in [3.8, 4) is 5.75 Å². The first-order chi connectivity index (χ1) is 10.7. The van der Waals surface area contributed by atoms with Crippen molar-refractivity contribution in [2.75, 3.05) is 23.9 Å². The van der Waals surface area contributed by atoms with E-state index in [4.69, 9.17) is 10.5 Å². The fourth-order valence-corrected chi connectivity index (χ4v) is 2.66. The molecule has 2 aromatic rings. The van der Waals surface area contributed by atoms with Crippen LogP contribution in [0.4, 0.5) is 11.4 Å². The molecule has 0 radical (unpaired) electrons. The third-order valence-corrected chi connectivity index (χ3v) is 3.98. The highest BCUT2D eigenvalue weighted by Gasteiger charge is 2.07. The van der Waals surface area contributed by atoms with Gasteiger partial charge >= 0.3 is 0 Å². The van der Waals surface area contributed by atoms with Crippen LogP contribution >= 0.6 is 11.8 Å². The standard InChI is InChI=1S/C16H19N3O2S/c1-21-13-5-6-14(17)15(10-13)19-16(20)7-9-22-11-12-4-2-3-8-18-12/h2-6,8,10H,7,9,11,17H2,1H3,(H,19,20). The monoisotopic (exact) mass is 317 g/mol. The van der Waals surface area contributed by atoms with Gasteiger partial charge in [0.2, 0.25) is 5.91 Å². The number of amides is 1. The lowest BCUT2D eigenvalue weighted by molar-refractivity contribution is -0.115. The van der Waals surface area contributed by atoms with Crippen molar-refractivity contribution in [1.82, 2.24) is 4.98 Å². The molecular formula is C16H19N3O2S. The maximum absolute atomic E-state index is 11.9. The van der Waals surface area contributed by atoms with E-state index in [-0.39, 0.29) is 5.91 Å². The third-order valence-electron chi connectivity index (χ3n) is 2.98. The zero-order chi connectivity index (χ0) is 15.8. The molecule has 0 unspecified atom stereocenters. The Morgan fingerprint density at radius 3 is 2.95 bits per heavy atom. The summed E-state index contributed by atoms with van der Waals surface area (Å²) in [5.74, 6) is 2.13. The molecule has 0 atom stereocenters. The highest BCUT2D eigenvalue weighted by Crippen LogP contribution is 2.24. The Kier molecular flexibility index (Phi) is 6.09. The quantitative estimate of drug-likeness (QED) is 0.606. The number of hydrogen-bond acceptors (Lipinski definition) is 5. The second-order valence-electron chi connectivity index (χ2n) is 4.63. The number of pyridine rings is 1. The van der Waals surface area contributed by atoms with E-state index in [2.05, 4.69) is 10.3 Å². The highest BCUT2D eigenvalue weighted by molar-refractivity contribution is 7.98. The number of nitrogens with zero attached hydrogens (tertiary/aromatic N) is 1. The first-order valence-corrected chi connectivity index (χ1v) is 8.05. The SMILES string of the molecule is COc1ccc(N)c(NC(=O)CCSCc2ccccn2)c1. The van der Waals surface area contributed by atoms with Gasteiger partial charge in [-0.15, -0.1) is 0 Å². The summed E-state index contributed by atoms with van der Waals surface area (Å²) in [7, 11) is 1.57. The summed E-state index contributed by atoms with van der Waals surface area (Å²) >= 11 is 1.68. The molecule has 1 aromatic carbocycles. The van der Waals surface area contributed by atoms with Gasteiger partial charge in [0.25, 0.3) is 0 Å². The van der Waals surface area contributed by atoms with Gasteiger partial charge in [-0.05, 0) is 24.3 Å². The third kappa shape index (κ3) is 4.96. The number of nitrogens with two attached hydrogens (primary N) is 1. The number of aromatic nitrogens is 1. The Morgan fingerprint density at radius 1 is 1.36 bits per heavy atom. The first kappa shape index (κ1) is 16.2. The van der Waals surface area contributed by atoms with E-state index in [0.717, 1.165) is 17.2 Å². The Balaban J connectivity index is 1.76. The summed E-state index contributed by atoms with van der Waals surface area (Å²) in [6.45, 7) is 0. The van der Waals surface area contributed by atoms with Crippen LogP contribution in [0.2, 0.25) is 0 Å². The van der Waals surface area contributed by atoms with E-state index in [9.17, 15) is 4.79 Å². The van der Waals surface area contributed by atoms with Crippen LogP contribution in [0.25, 0.3) is 0 Å². The molecule has 0 spiro atoms. The number of benzene rings is 1. The molecule has 6 heteroatoms. The minimum Gasteiger partial charge on any atom is -0.497 e. The van der Waals surface area contributed by atoms with Crippen LogP contribution in [0, 0.1) is 0 Å². The number of carbonyl (C=O) groups is 1. The average Bonchev–Trinajstić information content (AvgIpc) is 2.54. The second kappa shape index (κ2) is 8.29. The lowest BCUT2D eigenvalue weighted by Crippen LogP contribution is -2.13. The summed E-state index contributed by atoms with van der Waals surface area (Å²) in [4.78, 5) is 16.2. The topological polar surface area (TPSA) is 77.2 Å². The fraction of sp³-hybridized carbons (Fsp3) is 0.250. The van der Waals surface area contributed by atoms with Gasteiger partial charge in [-0.3, -0.25) is 9.78 Å². The van der Waals surface area contributed by atoms with Gasteiger partial charge in [0, 0.05) is 30.2 Å². The number of nitrogen functional groups attached to an aromatic ring is 1. The van der Waals surface area contributed by atoms with Crippen LogP contribution < -0.4 is 15.8 Å². The van der Waals surface area contributed by atoms with Crippen LogP contribution in [0.5, 0.6) is 5.75 Å². The Bertz CT molecular complexity index is 620. The fourth-order valence-electron chi connectivity index (χ4n) is 1.81. The molecule has 0 aliphatic heterocycles. The number of hydrogen-bond donors (Lipinski definition) is 2. The number of nitrogens with one attached hydrogen (secondary N) is 1. The molecule has 0 bridgehead atoms. The molecule has 1 amide bonds. The van der Waals surface area contributed by atoms with E-state index in [1.807, 2.05) is 18.2 Å². The molecular weight excluding hydrogens is 298 g/mol. The zero-order valence-corrected chi connectivity index (χ0v) is 13.2. The number of methoxy groups -OCH3 is 1. The number of thioether (sulfide) groups is 1. The maximum Gasteiger partial charge on any atom is 0.225 e. The van der Waals surface area contributed by atoms with Crippen molar-refractivity contribution in [3.05, 3.63) is 48.3 Å². The Morgan fingerprint density at radius 2 is 2.23 bits per heavy atom. The predicted octanol–water partition coefficient (Wildman–Crippen LogP) is 2.93. The molecule has 1 heterocycles. The van der Waals surface area contributed by atoms with E-state index < -0.39 is 0 Å². The Hall–Kier alpha value is -2.21. The molecule has 5 nitrogen and oxygen atoms in total. The van der Waals surface area contributed by atoms with Crippen LogP contribution in [0.15, 0.2) is 42.6 Å². The zero-order valence-electron chi connectivity index (χ0n) is 12.4. The minimum absolute atomic E-state index is 0.0616. The average molecular weight is 317 g/mol. The van der Waals surface area contributed by atoms with Crippen LogP contribution in [0.1, 0.15) is 12.1 Å². The van der Waals surface area contributed by atoms with Crippen molar-refractivity contribution in [2.45, 2.75) is 12.2 Å². The molecule has 22 heavy (non-hydrogen) atoms. The molecule has 116 valence electrons. The van der Waals surface area contributed by atoms with Crippen LogP contribution in [-0.2, 0) is 10.5 Å². The van der Waals surface area contributed by atoms with Crippen molar-refractivity contribution < 1.29 is 9.53 Å². The largest absolute Gasteiger partial charge is 0.497 e. The van der Waals surface area contributed by atoms with E-state index in [1.165, 1.54) is 0 Å². The molecule has 1 aromatic heterocycles. The number of rotatable bonds is 7. The number of anilines is 2. The van der Waals surface area contributed by atoms with Crippen LogP contribution in [-0.4, -0.2) is 23.8 Å². The van der Waals surface area contributed by atoms with E-state index >= 15 is 0 Å². The molecule has 0 fully saturated rings. The maximum atomic E-state index is 11.9. The molecule has 2 rings (SSSR count). The normalized spacial score (nSPS) is 10.2. The van der Waals surface area contributed by atoms with E-state index in [1.54, 1.807) is 43.3 Å². The lowest BCUT2D eigenvalue weighted by Gasteiger charge is -2.10. The van der Waals surface area contributed by atoms with Crippen molar-refractivity contribution >= 4 is 29.0 Å². The smallest absolute Gasteiger partial charge is 0.225 e. The number of ether oxygens (including phenoxy) is 1. The van der Waals surface area contributed by atoms with Crippen molar-refractivity contribution in [2.24, 2.45) is 0 Å². The summed E-state index contributed by atoms with van der Waals surface area (Å²) in [5.41, 5.74) is 7.96. The molecule has 0 saturated carbocycles. The summed E-state index contributed by atoms with van der Waals surface area (Å²) in [6, 6.07) is 11.0. The van der Waals surface area contributed by atoms with Gasteiger partial charge in [0.15, 0.2) is 0 Å². The predicted molar refractivity (Wildman–Crippen MR) is 91.1 cm³/mol. The number of carbonyl (C=O) groups excluding carboxylic acids is 1. The van der Waals surface area contributed by atoms with Gasteiger partial charge in [-0.2, -0.15) is 11.8 Å². The van der Waals surface area contributed by atoms with Crippen molar-refractivity contribution in [3.63, 3.8) is 0 Å². The second-order valence-corrected chi connectivity index (χ2v) is 5.73. The van der Waals surface area contributed by atoms with Gasteiger partial charge in [0.05, 0.1) is 24.2 Å². The van der Waals surface area contributed by atoms with E-state index in [0.29, 0.717) is 23.5 Å². The summed E-state index contributed by atoms with van der Waals surface area (Å²) < 4.78 is 5.12. The van der Waals surface area contributed by atoms with Gasteiger partial charge in [-0.1, -0.05) is 6.07 Å². The van der Waals surface area contributed by atoms with Gasteiger partial charge < -0.3 is 15.8 Å². The Labute approximate surface area is 134 Å². The van der Waals surface area contributed by atoms with Crippen molar-refractivity contribution in [1.29, 1.82) is 0 Å². The molecule has 0 saturated heterocycles. The first-order valence-electron chi connectivity index (χ1n) is 6.90. The van der Waals surface area contributed by atoms with Gasteiger partial charge in [0.1, 0.15) is 5.75 Å². The summed E-state index contributed by atoms with van der Waals surface area (Å²) in [6.07, 6.45) is 2.20. The lowest BCUT2D eigenvalue weighted by atomic mass is 10.2.